The lowest BCUT2D eigenvalue weighted by Crippen LogP contribution is -1.99. The van der Waals surface area contributed by atoms with Gasteiger partial charge >= 0.3 is 0 Å². The number of aromatic nitrogens is 1. The van der Waals surface area contributed by atoms with Crippen molar-refractivity contribution >= 4 is 22.7 Å². The zero-order valence-electron chi connectivity index (χ0n) is 9.44. The van der Waals surface area contributed by atoms with Crippen molar-refractivity contribution in [2.45, 2.75) is 24.9 Å². The molecule has 1 heterocycles. The standard InChI is InChI=1S/C13H16N2S/c1-2-7-16-13-8-10(9-14)11-5-3-4-6-12(11)15-13/h3-6,8H,2,7,9,14H2,1H3. The van der Waals surface area contributed by atoms with Crippen molar-refractivity contribution in [2.75, 3.05) is 5.75 Å². The van der Waals surface area contributed by atoms with Crippen molar-refractivity contribution in [1.82, 2.24) is 4.98 Å². The fraction of sp³-hybridized carbons (Fsp3) is 0.308. The van der Waals surface area contributed by atoms with E-state index in [1.54, 1.807) is 11.8 Å². The number of fused-ring (bicyclic) bond motifs is 1. The molecule has 0 aliphatic heterocycles. The second-order valence-corrected chi connectivity index (χ2v) is 4.80. The number of pyridine rings is 1. The van der Waals surface area contributed by atoms with Gasteiger partial charge in [-0.05, 0) is 29.9 Å². The molecule has 2 aromatic rings. The maximum absolute atomic E-state index is 5.78. The third-order valence-corrected chi connectivity index (χ3v) is 3.57. The summed E-state index contributed by atoms with van der Waals surface area (Å²) in [4.78, 5) is 4.63. The third kappa shape index (κ3) is 2.36. The molecular weight excluding hydrogens is 216 g/mol. The quantitative estimate of drug-likeness (QED) is 0.823. The fourth-order valence-corrected chi connectivity index (χ4v) is 2.47. The highest BCUT2D eigenvalue weighted by atomic mass is 32.2. The lowest BCUT2D eigenvalue weighted by atomic mass is 10.1. The molecule has 16 heavy (non-hydrogen) atoms. The molecule has 0 aliphatic rings. The van der Waals surface area contributed by atoms with E-state index in [9.17, 15) is 0 Å². The summed E-state index contributed by atoms with van der Waals surface area (Å²) in [5.41, 5.74) is 8.01. The lowest BCUT2D eigenvalue weighted by molar-refractivity contribution is 1.04. The van der Waals surface area contributed by atoms with Crippen molar-refractivity contribution in [3.05, 3.63) is 35.9 Å². The molecule has 0 aliphatic carbocycles. The Hall–Kier alpha value is -1.06. The highest BCUT2D eigenvalue weighted by molar-refractivity contribution is 7.99. The van der Waals surface area contributed by atoms with Crippen molar-refractivity contribution in [2.24, 2.45) is 5.73 Å². The molecule has 2 nitrogen and oxygen atoms in total. The summed E-state index contributed by atoms with van der Waals surface area (Å²) < 4.78 is 0. The Balaban J connectivity index is 2.46. The Kier molecular flexibility index (Phi) is 3.80. The Morgan fingerprint density at radius 2 is 2.12 bits per heavy atom. The molecule has 1 aromatic carbocycles. The van der Waals surface area contributed by atoms with Crippen LogP contribution in [0.3, 0.4) is 0 Å². The van der Waals surface area contributed by atoms with Crippen LogP contribution < -0.4 is 5.73 Å². The molecule has 0 atom stereocenters. The lowest BCUT2D eigenvalue weighted by Gasteiger charge is -2.07. The molecule has 0 saturated carbocycles. The average Bonchev–Trinajstić information content (AvgIpc) is 2.35. The van der Waals surface area contributed by atoms with Gasteiger partial charge in [-0.25, -0.2) is 4.98 Å². The first-order chi connectivity index (χ1) is 7.85. The Morgan fingerprint density at radius 1 is 1.31 bits per heavy atom. The van der Waals surface area contributed by atoms with Crippen LogP contribution in [0.4, 0.5) is 0 Å². The highest BCUT2D eigenvalue weighted by Gasteiger charge is 2.04. The molecule has 0 unspecified atom stereocenters. The van der Waals surface area contributed by atoms with Crippen LogP contribution in [0.2, 0.25) is 0 Å². The topological polar surface area (TPSA) is 38.9 Å². The minimum absolute atomic E-state index is 0.572. The van der Waals surface area contributed by atoms with Crippen molar-refractivity contribution in [1.29, 1.82) is 0 Å². The fourth-order valence-electron chi connectivity index (χ4n) is 1.67. The molecule has 0 bridgehead atoms. The smallest absolute Gasteiger partial charge is 0.0970 e. The number of hydrogen-bond donors (Lipinski definition) is 1. The minimum atomic E-state index is 0.572. The van der Waals surface area contributed by atoms with Gasteiger partial charge in [-0.1, -0.05) is 25.1 Å². The van der Waals surface area contributed by atoms with Gasteiger partial charge in [0.1, 0.15) is 0 Å². The number of hydrogen-bond acceptors (Lipinski definition) is 3. The molecule has 2 rings (SSSR count). The van der Waals surface area contributed by atoms with Crippen molar-refractivity contribution in [3.63, 3.8) is 0 Å². The van der Waals surface area contributed by atoms with Gasteiger partial charge < -0.3 is 5.73 Å². The van der Waals surface area contributed by atoms with Gasteiger partial charge in [0.15, 0.2) is 0 Å². The molecule has 0 amide bonds. The van der Waals surface area contributed by atoms with Crippen LogP contribution in [0.25, 0.3) is 10.9 Å². The molecule has 0 spiro atoms. The first kappa shape index (κ1) is 11.4. The van der Waals surface area contributed by atoms with Crippen LogP contribution in [-0.4, -0.2) is 10.7 Å². The number of benzene rings is 1. The van der Waals surface area contributed by atoms with E-state index < -0.39 is 0 Å². The third-order valence-electron chi connectivity index (χ3n) is 2.45. The van der Waals surface area contributed by atoms with Crippen LogP contribution in [0, 0.1) is 0 Å². The van der Waals surface area contributed by atoms with E-state index in [0.717, 1.165) is 22.7 Å². The van der Waals surface area contributed by atoms with Crippen LogP contribution in [0.5, 0.6) is 0 Å². The van der Waals surface area contributed by atoms with E-state index in [1.165, 1.54) is 10.9 Å². The molecule has 2 N–H and O–H groups in total. The maximum atomic E-state index is 5.78. The molecular formula is C13H16N2S. The summed E-state index contributed by atoms with van der Waals surface area (Å²) in [7, 11) is 0. The van der Waals surface area contributed by atoms with E-state index in [1.807, 2.05) is 18.2 Å². The van der Waals surface area contributed by atoms with Crippen LogP contribution in [0.15, 0.2) is 35.4 Å². The maximum Gasteiger partial charge on any atom is 0.0970 e. The Morgan fingerprint density at radius 3 is 2.88 bits per heavy atom. The monoisotopic (exact) mass is 232 g/mol. The Labute approximate surface area is 100 Å². The van der Waals surface area contributed by atoms with E-state index in [4.69, 9.17) is 5.73 Å². The van der Waals surface area contributed by atoms with Crippen molar-refractivity contribution in [3.8, 4) is 0 Å². The Bertz CT molecular complexity index is 482. The predicted molar refractivity (Wildman–Crippen MR) is 70.6 cm³/mol. The van der Waals surface area contributed by atoms with Crippen LogP contribution >= 0.6 is 11.8 Å². The average molecular weight is 232 g/mol. The van der Waals surface area contributed by atoms with Crippen LogP contribution in [0.1, 0.15) is 18.9 Å². The first-order valence-electron chi connectivity index (χ1n) is 5.56. The summed E-state index contributed by atoms with van der Waals surface area (Å²) in [5, 5.41) is 2.26. The van der Waals surface area contributed by atoms with Gasteiger partial charge in [0.25, 0.3) is 0 Å². The number of nitrogens with two attached hydrogens (primary N) is 1. The normalized spacial score (nSPS) is 10.9. The van der Waals surface area contributed by atoms with Crippen LogP contribution in [-0.2, 0) is 6.54 Å². The van der Waals surface area contributed by atoms with E-state index in [-0.39, 0.29) is 0 Å². The van der Waals surface area contributed by atoms with Crippen molar-refractivity contribution < 1.29 is 0 Å². The van der Waals surface area contributed by atoms with Gasteiger partial charge in [0, 0.05) is 11.9 Å². The van der Waals surface area contributed by atoms with E-state index in [0.29, 0.717) is 6.54 Å². The zero-order chi connectivity index (χ0) is 11.4. The van der Waals surface area contributed by atoms with Gasteiger partial charge in [-0.2, -0.15) is 0 Å². The molecule has 1 aromatic heterocycles. The molecule has 0 fully saturated rings. The number of nitrogens with zero attached hydrogens (tertiary/aromatic N) is 1. The summed E-state index contributed by atoms with van der Waals surface area (Å²) in [6.45, 7) is 2.75. The SMILES string of the molecule is CCCSc1cc(CN)c2ccccc2n1. The highest BCUT2D eigenvalue weighted by Crippen LogP contribution is 2.24. The number of thioether (sulfide) groups is 1. The number of para-hydroxylation sites is 1. The zero-order valence-corrected chi connectivity index (χ0v) is 10.3. The summed E-state index contributed by atoms with van der Waals surface area (Å²) in [5.74, 6) is 1.11. The second kappa shape index (κ2) is 5.32. The van der Waals surface area contributed by atoms with Gasteiger partial charge in [-0.15, -0.1) is 11.8 Å². The molecule has 0 radical (unpaired) electrons. The second-order valence-electron chi connectivity index (χ2n) is 3.69. The minimum Gasteiger partial charge on any atom is -0.326 e. The van der Waals surface area contributed by atoms with Gasteiger partial charge in [0.05, 0.1) is 10.5 Å². The first-order valence-corrected chi connectivity index (χ1v) is 6.55. The molecule has 0 saturated heterocycles. The largest absolute Gasteiger partial charge is 0.326 e. The molecule has 84 valence electrons. The summed E-state index contributed by atoms with van der Waals surface area (Å²) in [6.07, 6.45) is 1.16. The summed E-state index contributed by atoms with van der Waals surface area (Å²) in [6, 6.07) is 10.3. The molecule has 3 heteroatoms. The van der Waals surface area contributed by atoms with E-state index >= 15 is 0 Å². The van der Waals surface area contributed by atoms with Gasteiger partial charge in [0.2, 0.25) is 0 Å². The number of rotatable bonds is 4. The summed E-state index contributed by atoms with van der Waals surface area (Å²) >= 11 is 1.80. The van der Waals surface area contributed by atoms with E-state index in [2.05, 4.69) is 24.0 Å². The predicted octanol–water partition coefficient (Wildman–Crippen LogP) is 3.20. The van der Waals surface area contributed by atoms with Gasteiger partial charge in [-0.3, -0.25) is 0 Å².